The molecule has 1 aromatic rings. The van der Waals surface area contributed by atoms with Gasteiger partial charge in [-0.25, -0.2) is 0 Å². The first kappa shape index (κ1) is 16.8. The van der Waals surface area contributed by atoms with Crippen molar-refractivity contribution in [2.24, 2.45) is 29.1 Å². The van der Waals surface area contributed by atoms with Gasteiger partial charge in [-0.3, -0.25) is 4.79 Å². The highest BCUT2D eigenvalue weighted by Gasteiger charge is 2.51. The molecule has 1 saturated heterocycles. The number of hydrogen-bond donors (Lipinski definition) is 0. The molecule has 0 N–H and O–H groups in total. The molecule has 6 rings (SSSR count). The van der Waals surface area contributed by atoms with Crippen LogP contribution in [-0.2, 0) is 11.2 Å². The highest BCUT2D eigenvalue weighted by molar-refractivity contribution is 5.77. The molecule has 2 nitrogen and oxygen atoms in total. The van der Waals surface area contributed by atoms with E-state index in [1.165, 1.54) is 63.4 Å². The molecule has 26 heavy (non-hydrogen) atoms. The van der Waals surface area contributed by atoms with E-state index >= 15 is 0 Å². The molecule has 1 heterocycles. The maximum absolute atomic E-state index is 13.1. The molecule has 5 fully saturated rings. The van der Waals surface area contributed by atoms with E-state index in [4.69, 9.17) is 0 Å². The van der Waals surface area contributed by atoms with E-state index in [1.54, 1.807) is 0 Å². The van der Waals surface area contributed by atoms with Crippen LogP contribution in [-0.4, -0.2) is 23.9 Å². The largest absolute Gasteiger partial charge is 0.343 e. The quantitative estimate of drug-likeness (QED) is 0.741. The Labute approximate surface area is 158 Å². The van der Waals surface area contributed by atoms with E-state index in [9.17, 15) is 4.79 Å². The van der Waals surface area contributed by atoms with Gasteiger partial charge < -0.3 is 4.90 Å². The van der Waals surface area contributed by atoms with Crippen LogP contribution < -0.4 is 0 Å². The summed E-state index contributed by atoms with van der Waals surface area (Å²) in [5, 5.41) is 0. The Kier molecular flexibility index (Phi) is 4.33. The molecule has 1 aliphatic heterocycles. The van der Waals surface area contributed by atoms with Gasteiger partial charge >= 0.3 is 0 Å². The molecule has 4 aliphatic carbocycles. The van der Waals surface area contributed by atoms with Crippen LogP contribution in [0.15, 0.2) is 30.3 Å². The van der Waals surface area contributed by atoms with Gasteiger partial charge in [0.2, 0.25) is 5.91 Å². The lowest BCUT2D eigenvalue weighted by Crippen LogP contribution is -2.49. The SMILES string of the molecule is O=C(CC12CC3CC(CC(C3)C1)C2)N1CCC(Cc2ccccc2)CC1. The molecule has 0 radical (unpaired) electrons. The van der Waals surface area contributed by atoms with Crippen molar-refractivity contribution in [1.82, 2.24) is 4.90 Å². The van der Waals surface area contributed by atoms with Crippen molar-refractivity contribution < 1.29 is 4.79 Å². The van der Waals surface area contributed by atoms with Crippen molar-refractivity contribution in [2.75, 3.05) is 13.1 Å². The summed E-state index contributed by atoms with van der Waals surface area (Å²) < 4.78 is 0. The predicted molar refractivity (Wildman–Crippen MR) is 105 cm³/mol. The molecule has 0 atom stereocenters. The molecule has 1 amide bonds. The minimum atomic E-state index is 0.396. The Morgan fingerprint density at radius 3 is 2.08 bits per heavy atom. The van der Waals surface area contributed by atoms with E-state index in [1.807, 2.05) is 0 Å². The van der Waals surface area contributed by atoms with Crippen LogP contribution in [0.5, 0.6) is 0 Å². The molecule has 1 aromatic carbocycles. The molecule has 0 unspecified atom stereocenters. The Hall–Kier alpha value is -1.31. The first-order chi connectivity index (χ1) is 12.7. The third kappa shape index (κ3) is 3.32. The number of piperidine rings is 1. The lowest BCUT2D eigenvalue weighted by molar-refractivity contribution is -0.140. The summed E-state index contributed by atoms with van der Waals surface area (Å²) in [6, 6.07) is 10.9. The van der Waals surface area contributed by atoms with Crippen molar-refractivity contribution >= 4 is 5.91 Å². The molecule has 4 saturated carbocycles. The number of likely N-dealkylation sites (tertiary alicyclic amines) is 1. The highest BCUT2D eigenvalue weighted by Crippen LogP contribution is 2.61. The minimum Gasteiger partial charge on any atom is -0.343 e. The molecule has 140 valence electrons. The standard InChI is InChI=1S/C24H33NO/c26-23(17-24-14-20-11-21(15-24)13-22(12-20)16-24)25-8-6-19(7-9-25)10-18-4-2-1-3-5-18/h1-5,19-22H,6-17H2. The maximum atomic E-state index is 13.1. The average molecular weight is 352 g/mol. The van der Waals surface area contributed by atoms with Gasteiger partial charge in [-0.05, 0) is 92.4 Å². The topological polar surface area (TPSA) is 20.3 Å². The zero-order valence-electron chi connectivity index (χ0n) is 16.0. The Morgan fingerprint density at radius 2 is 1.50 bits per heavy atom. The second kappa shape index (κ2) is 6.69. The van der Waals surface area contributed by atoms with Gasteiger partial charge in [0.15, 0.2) is 0 Å². The number of rotatable bonds is 4. The van der Waals surface area contributed by atoms with Crippen LogP contribution in [0.3, 0.4) is 0 Å². The predicted octanol–water partition coefficient (Wildman–Crippen LogP) is 5.07. The second-order valence-corrected chi connectivity index (χ2v) is 10.1. The van der Waals surface area contributed by atoms with E-state index in [-0.39, 0.29) is 0 Å². The van der Waals surface area contributed by atoms with Crippen molar-refractivity contribution in [1.29, 1.82) is 0 Å². The number of nitrogens with zero attached hydrogens (tertiary/aromatic N) is 1. The number of amides is 1. The molecule has 0 aromatic heterocycles. The van der Waals surface area contributed by atoms with E-state index in [2.05, 4.69) is 35.2 Å². The molecule has 5 aliphatic rings. The zero-order chi connectivity index (χ0) is 17.6. The number of carbonyl (C=O) groups is 1. The van der Waals surface area contributed by atoms with Gasteiger partial charge in [-0.2, -0.15) is 0 Å². The van der Waals surface area contributed by atoms with Crippen molar-refractivity contribution in [3.8, 4) is 0 Å². The molecule has 2 heteroatoms. The molecule has 4 bridgehead atoms. The van der Waals surface area contributed by atoms with Gasteiger partial charge in [0.25, 0.3) is 0 Å². The Balaban J connectivity index is 1.15. The highest BCUT2D eigenvalue weighted by atomic mass is 16.2. The fourth-order valence-electron chi connectivity index (χ4n) is 7.27. The third-order valence-electron chi connectivity index (χ3n) is 8.03. The lowest BCUT2D eigenvalue weighted by atomic mass is 9.49. The van der Waals surface area contributed by atoms with Crippen LogP contribution in [0.2, 0.25) is 0 Å². The lowest BCUT2D eigenvalue weighted by Gasteiger charge is -2.57. The smallest absolute Gasteiger partial charge is 0.223 e. The van der Waals surface area contributed by atoms with Crippen LogP contribution in [0.1, 0.15) is 63.4 Å². The average Bonchev–Trinajstić information content (AvgIpc) is 2.61. The van der Waals surface area contributed by atoms with Crippen LogP contribution in [0.4, 0.5) is 0 Å². The number of benzene rings is 1. The van der Waals surface area contributed by atoms with E-state index < -0.39 is 0 Å². The summed E-state index contributed by atoms with van der Waals surface area (Å²) in [5.41, 5.74) is 1.85. The summed E-state index contributed by atoms with van der Waals surface area (Å²) in [7, 11) is 0. The van der Waals surface area contributed by atoms with Gasteiger partial charge in [0, 0.05) is 19.5 Å². The maximum Gasteiger partial charge on any atom is 0.223 e. The van der Waals surface area contributed by atoms with Crippen LogP contribution in [0, 0.1) is 29.1 Å². The minimum absolute atomic E-state index is 0.396. The second-order valence-electron chi connectivity index (χ2n) is 10.1. The van der Waals surface area contributed by atoms with Crippen molar-refractivity contribution in [2.45, 2.75) is 64.2 Å². The first-order valence-electron chi connectivity index (χ1n) is 11.0. The van der Waals surface area contributed by atoms with Crippen LogP contribution in [0.25, 0.3) is 0 Å². The van der Waals surface area contributed by atoms with E-state index in [0.717, 1.165) is 43.2 Å². The van der Waals surface area contributed by atoms with Gasteiger partial charge in [-0.15, -0.1) is 0 Å². The normalized spacial score (nSPS) is 36.5. The summed E-state index contributed by atoms with van der Waals surface area (Å²) in [6.45, 7) is 1.98. The summed E-state index contributed by atoms with van der Waals surface area (Å²) in [5.74, 6) is 4.08. The number of hydrogen-bond acceptors (Lipinski definition) is 1. The van der Waals surface area contributed by atoms with Crippen molar-refractivity contribution in [3.63, 3.8) is 0 Å². The fourth-order valence-corrected chi connectivity index (χ4v) is 7.27. The summed E-state index contributed by atoms with van der Waals surface area (Å²) >= 11 is 0. The van der Waals surface area contributed by atoms with Crippen molar-refractivity contribution in [3.05, 3.63) is 35.9 Å². The fraction of sp³-hybridized carbons (Fsp3) is 0.708. The van der Waals surface area contributed by atoms with Gasteiger partial charge in [0.1, 0.15) is 0 Å². The number of carbonyl (C=O) groups excluding carboxylic acids is 1. The Morgan fingerprint density at radius 1 is 0.923 bits per heavy atom. The van der Waals surface area contributed by atoms with E-state index in [0.29, 0.717) is 11.3 Å². The third-order valence-corrected chi connectivity index (χ3v) is 8.03. The summed E-state index contributed by atoms with van der Waals surface area (Å²) in [4.78, 5) is 15.3. The Bertz CT molecular complexity index is 608. The summed E-state index contributed by atoms with van der Waals surface area (Å²) in [6.07, 6.45) is 12.9. The zero-order valence-corrected chi connectivity index (χ0v) is 16.0. The first-order valence-corrected chi connectivity index (χ1v) is 11.0. The van der Waals surface area contributed by atoms with Crippen LogP contribution >= 0.6 is 0 Å². The van der Waals surface area contributed by atoms with Gasteiger partial charge in [0.05, 0.1) is 0 Å². The monoisotopic (exact) mass is 351 g/mol. The van der Waals surface area contributed by atoms with Gasteiger partial charge in [-0.1, -0.05) is 30.3 Å². The molecular weight excluding hydrogens is 318 g/mol. The molecule has 0 spiro atoms. The molecular formula is C24H33NO.